The summed E-state index contributed by atoms with van der Waals surface area (Å²) in [6, 6.07) is 4.01. The van der Waals surface area contributed by atoms with E-state index in [-0.39, 0.29) is 0 Å². The maximum Gasteiger partial charge on any atom is 0.179 e. The molecule has 0 spiro atoms. The van der Waals surface area contributed by atoms with Crippen molar-refractivity contribution in [2.45, 2.75) is 33.6 Å². The molecule has 0 atom stereocenters. The van der Waals surface area contributed by atoms with Crippen molar-refractivity contribution in [1.82, 2.24) is 0 Å². The highest BCUT2D eigenvalue weighted by Crippen LogP contribution is 2.40. The van der Waals surface area contributed by atoms with Gasteiger partial charge in [0, 0.05) is 0 Å². The van der Waals surface area contributed by atoms with Gasteiger partial charge in [-0.2, -0.15) is 4.89 Å². The number of allylic oxidation sites excluding steroid dienone is 1. The van der Waals surface area contributed by atoms with Crippen LogP contribution in [0.2, 0.25) is 0 Å². The lowest BCUT2D eigenvalue weighted by Crippen LogP contribution is -2.01. The molecule has 1 aliphatic heterocycles. The molecule has 18 heavy (non-hydrogen) atoms. The molecular formula is C15H20O3. The van der Waals surface area contributed by atoms with E-state index in [4.69, 9.17) is 14.5 Å². The molecule has 1 aliphatic rings. The second-order valence-electron chi connectivity index (χ2n) is 4.36. The second-order valence-corrected chi connectivity index (χ2v) is 4.36. The highest BCUT2D eigenvalue weighted by atomic mass is 17.2. The fourth-order valence-corrected chi connectivity index (χ4v) is 2.18. The summed E-state index contributed by atoms with van der Waals surface area (Å²) in [5.41, 5.74) is 3.37. The molecule has 0 saturated heterocycles. The molecule has 0 bridgehead atoms. The van der Waals surface area contributed by atoms with E-state index in [9.17, 15) is 0 Å². The van der Waals surface area contributed by atoms with Gasteiger partial charge in [-0.15, -0.1) is 0 Å². The van der Waals surface area contributed by atoms with Crippen LogP contribution in [0.15, 0.2) is 18.2 Å². The predicted molar refractivity (Wildman–Crippen MR) is 71.8 cm³/mol. The third kappa shape index (κ3) is 2.51. The number of hydrogen-bond acceptors (Lipinski definition) is 3. The van der Waals surface area contributed by atoms with E-state index in [1.807, 2.05) is 26.0 Å². The molecule has 1 heterocycles. The van der Waals surface area contributed by atoms with Crippen molar-refractivity contribution in [3.8, 4) is 11.5 Å². The first-order chi connectivity index (χ1) is 8.77. The molecule has 1 aromatic carbocycles. The molecule has 98 valence electrons. The molecule has 3 nitrogen and oxygen atoms in total. The number of fused-ring (bicyclic) bond motifs is 1. The van der Waals surface area contributed by atoms with Crippen LogP contribution in [0.3, 0.4) is 0 Å². The monoisotopic (exact) mass is 248 g/mol. The number of ether oxygens (including phenoxy) is 1. The molecular weight excluding hydrogens is 228 g/mol. The Kier molecular flexibility index (Phi) is 4.26. The Balaban J connectivity index is 2.53. The van der Waals surface area contributed by atoms with Gasteiger partial charge < -0.3 is 9.62 Å². The number of rotatable bonds is 4. The third-order valence-electron chi connectivity index (χ3n) is 3.00. The van der Waals surface area contributed by atoms with Crippen LogP contribution in [0.1, 0.15) is 37.8 Å². The van der Waals surface area contributed by atoms with Crippen molar-refractivity contribution >= 4 is 5.57 Å². The summed E-state index contributed by atoms with van der Waals surface area (Å²) in [7, 11) is 0. The van der Waals surface area contributed by atoms with Crippen molar-refractivity contribution in [1.29, 1.82) is 0 Å². The largest absolute Gasteiger partial charge is 0.493 e. The Morgan fingerprint density at radius 3 is 2.83 bits per heavy atom. The number of aryl methyl sites for hydroxylation is 1. The first kappa shape index (κ1) is 13.0. The zero-order chi connectivity index (χ0) is 13.0. The van der Waals surface area contributed by atoms with Gasteiger partial charge in [-0.3, -0.25) is 0 Å². The topological polar surface area (TPSA) is 27.7 Å². The Labute approximate surface area is 108 Å². The lowest BCUT2D eigenvalue weighted by atomic mass is 9.97. The van der Waals surface area contributed by atoms with Crippen molar-refractivity contribution in [3.63, 3.8) is 0 Å². The molecule has 1 aromatic rings. The molecule has 0 aromatic heterocycles. The van der Waals surface area contributed by atoms with E-state index in [2.05, 4.69) is 13.0 Å². The normalized spacial score (nSPS) is 14.3. The van der Waals surface area contributed by atoms with Crippen LogP contribution in [0.5, 0.6) is 11.5 Å². The smallest absolute Gasteiger partial charge is 0.179 e. The predicted octanol–water partition coefficient (Wildman–Crippen LogP) is 3.90. The summed E-state index contributed by atoms with van der Waals surface area (Å²) in [6.07, 6.45) is 4.17. The van der Waals surface area contributed by atoms with Crippen molar-refractivity contribution < 1.29 is 14.5 Å². The number of hydrogen-bond donors (Lipinski definition) is 0. The molecule has 0 unspecified atom stereocenters. The minimum absolute atomic E-state index is 0.481. The van der Waals surface area contributed by atoms with Gasteiger partial charge in [-0.25, -0.2) is 0 Å². The van der Waals surface area contributed by atoms with Crippen LogP contribution in [0.25, 0.3) is 5.57 Å². The third-order valence-corrected chi connectivity index (χ3v) is 3.00. The van der Waals surface area contributed by atoms with Gasteiger partial charge in [0.2, 0.25) is 0 Å². The van der Waals surface area contributed by atoms with Crippen LogP contribution in [0, 0.1) is 6.92 Å². The maximum absolute atomic E-state index is 5.72. The maximum atomic E-state index is 5.72. The highest BCUT2D eigenvalue weighted by molar-refractivity contribution is 5.77. The van der Waals surface area contributed by atoms with E-state index in [1.165, 1.54) is 5.57 Å². The van der Waals surface area contributed by atoms with Crippen LogP contribution in [-0.4, -0.2) is 13.2 Å². The number of benzene rings is 1. The van der Waals surface area contributed by atoms with Gasteiger partial charge >= 0.3 is 0 Å². The van der Waals surface area contributed by atoms with Crippen molar-refractivity contribution in [2.75, 3.05) is 13.2 Å². The molecule has 0 aliphatic carbocycles. The van der Waals surface area contributed by atoms with E-state index >= 15 is 0 Å². The van der Waals surface area contributed by atoms with Crippen molar-refractivity contribution in [2.24, 2.45) is 0 Å². The minimum atomic E-state index is 0.481. The van der Waals surface area contributed by atoms with E-state index in [0.717, 1.165) is 35.5 Å². The SMILES string of the molecule is CCCC1=CCOOc2c(C)ccc(OCC)c21. The van der Waals surface area contributed by atoms with Gasteiger partial charge in [-0.05, 0) is 37.5 Å². The summed E-state index contributed by atoms with van der Waals surface area (Å²) in [6.45, 7) is 7.31. The summed E-state index contributed by atoms with van der Waals surface area (Å²) in [5, 5.41) is 0. The van der Waals surface area contributed by atoms with Gasteiger partial charge in [-0.1, -0.05) is 25.5 Å². The zero-order valence-electron chi connectivity index (χ0n) is 11.3. The molecule has 0 fully saturated rings. The summed E-state index contributed by atoms with van der Waals surface area (Å²) < 4.78 is 5.72. The second kappa shape index (κ2) is 5.91. The van der Waals surface area contributed by atoms with E-state index < -0.39 is 0 Å². The highest BCUT2D eigenvalue weighted by Gasteiger charge is 2.20. The standard InChI is InChI=1S/C15H20O3/c1-4-6-12-9-10-17-18-15-11(3)7-8-13(14(12)15)16-5-2/h7-9H,4-6,10H2,1-3H3. The van der Waals surface area contributed by atoms with Crippen LogP contribution in [0.4, 0.5) is 0 Å². The van der Waals surface area contributed by atoms with Gasteiger partial charge in [0.05, 0.1) is 12.2 Å². The fraction of sp³-hybridized carbons (Fsp3) is 0.467. The Hall–Kier alpha value is -1.48. The molecule has 2 rings (SSSR count). The van der Waals surface area contributed by atoms with Crippen LogP contribution < -0.4 is 9.62 Å². The van der Waals surface area contributed by atoms with E-state index in [1.54, 1.807) is 0 Å². The quantitative estimate of drug-likeness (QED) is 0.756. The Morgan fingerprint density at radius 2 is 2.11 bits per heavy atom. The lowest BCUT2D eigenvalue weighted by molar-refractivity contribution is -0.195. The summed E-state index contributed by atoms with van der Waals surface area (Å²) in [4.78, 5) is 10.6. The zero-order valence-corrected chi connectivity index (χ0v) is 11.3. The molecule has 3 heteroatoms. The minimum Gasteiger partial charge on any atom is -0.493 e. The Morgan fingerprint density at radius 1 is 1.28 bits per heavy atom. The van der Waals surface area contributed by atoms with Crippen LogP contribution >= 0.6 is 0 Å². The van der Waals surface area contributed by atoms with Crippen molar-refractivity contribution in [3.05, 3.63) is 29.3 Å². The Bertz CT molecular complexity index is 449. The molecule has 0 radical (unpaired) electrons. The lowest BCUT2D eigenvalue weighted by Gasteiger charge is -2.16. The fourth-order valence-electron chi connectivity index (χ4n) is 2.18. The van der Waals surface area contributed by atoms with Crippen LogP contribution in [-0.2, 0) is 4.89 Å². The van der Waals surface area contributed by atoms with E-state index in [0.29, 0.717) is 13.2 Å². The average Bonchev–Trinajstić information content (AvgIpc) is 2.57. The molecule has 0 saturated carbocycles. The first-order valence-electron chi connectivity index (χ1n) is 6.53. The van der Waals surface area contributed by atoms with Gasteiger partial charge in [0.25, 0.3) is 0 Å². The van der Waals surface area contributed by atoms with Gasteiger partial charge in [0.1, 0.15) is 12.4 Å². The van der Waals surface area contributed by atoms with Gasteiger partial charge in [0.15, 0.2) is 5.75 Å². The molecule has 0 amide bonds. The summed E-state index contributed by atoms with van der Waals surface area (Å²) in [5.74, 6) is 1.67. The molecule has 0 N–H and O–H groups in total. The average molecular weight is 248 g/mol. The summed E-state index contributed by atoms with van der Waals surface area (Å²) >= 11 is 0. The first-order valence-corrected chi connectivity index (χ1v) is 6.53.